The largest absolute Gasteiger partial charge is 0.452 e. The molecule has 2 amide bonds. The highest BCUT2D eigenvalue weighted by atomic mass is 19.3. The lowest BCUT2D eigenvalue weighted by molar-refractivity contribution is -0.119. The molecule has 0 fully saturated rings. The topological polar surface area (TPSA) is 93.7 Å². The Kier molecular flexibility index (Phi) is 6.81. The van der Waals surface area contributed by atoms with Gasteiger partial charge in [-0.15, -0.1) is 0 Å². The third-order valence-electron chi connectivity index (χ3n) is 3.26. The fraction of sp³-hybridized carbons (Fsp3) is 0.167. The molecule has 0 bridgehead atoms. The molecule has 2 N–H and O–H groups in total. The normalized spacial score (nSPS) is 10.2. The van der Waals surface area contributed by atoms with Crippen molar-refractivity contribution in [1.29, 1.82) is 0 Å². The van der Waals surface area contributed by atoms with Crippen LogP contribution in [-0.2, 0) is 9.53 Å². The fourth-order valence-electron chi connectivity index (χ4n) is 2.09. The molecular weight excluding hydrogens is 362 g/mol. The van der Waals surface area contributed by atoms with Crippen LogP contribution in [0.15, 0.2) is 48.5 Å². The standard InChI is InChI=1S/C18H16F2N2O5/c1-21-16(24)11-4-2-6-13(8-11)22-15(23)10-26-17(25)12-5-3-7-14(9-12)27-18(19)20/h2-9,18H,10H2,1H3,(H,21,24)(H,22,23). The van der Waals surface area contributed by atoms with E-state index in [-0.39, 0.29) is 17.2 Å². The van der Waals surface area contributed by atoms with E-state index in [1.165, 1.54) is 31.3 Å². The van der Waals surface area contributed by atoms with Crippen LogP contribution in [-0.4, -0.2) is 38.0 Å². The summed E-state index contributed by atoms with van der Waals surface area (Å²) in [6, 6.07) is 11.2. The van der Waals surface area contributed by atoms with Crippen molar-refractivity contribution in [2.75, 3.05) is 19.0 Å². The first kappa shape index (κ1) is 19.8. The van der Waals surface area contributed by atoms with Crippen molar-refractivity contribution in [2.45, 2.75) is 6.61 Å². The van der Waals surface area contributed by atoms with Gasteiger partial charge in [-0.3, -0.25) is 9.59 Å². The van der Waals surface area contributed by atoms with Gasteiger partial charge in [0, 0.05) is 18.3 Å². The van der Waals surface area contributed by atoms with Crippen molar-refractivity contribution in [3.8, 4) is 5.75 Å². The summed E-state index contributed by atoms with van der Waals surface area (Å²) in [6.45, 7) is -3.62. The molecule has 7 nitrogen and oxygen atoms in total. The minimum atomic E-state index is -3.02. The van der Waals surface area contributed by atoms with E-state index in [1.807, 2.05) is 0 Å². The van der Waals surface area contributed by atoms with Crippen LogP contribution in [0.3, 0.4) is 0 Å². The maximum absolute atomic E-state index is 12.2. The molecule has 0 saturated heterocycles. The molecule has 9 heteroatoms. The predicted octanol–water partition coefficient (Wildman–Crippen LogP) is 2.44. The molecule has 0 unspecified atom stereocenters. The van der Waals surface area contributed by atoms with Gasteiger partial charge in [-0.1, -0.05) is 12.1 Å². The van der Waals surface area contributed by atoms with Crippen molar-refractivity contribution >= 4 is 23.5 Å². The number of benzene rings is 2. The van der Waals surface area contributed by atoms with Crippen LogP contribution < -0.4 is 15.4 Å². The third kappa shape index (κ3) is 6.07. The molecule has 0 spiro atoms. The van der Waals surface area contributed by atoms with E-state index >= 15 is 0 Å². The number of anilines is 1. The summed E-state index contributed by atoms with van der Waals surface area (Å²) in [4.78, 5) is 35.4. The molecule has 2 aromatic rings. The monoisotopic (exact) mass is 378 g/mol. The summed E-state index contributed by atoms with van der Waals surface area (Å²) < 4.78 is 33.4. The van der Waals surface area contributed by atoms with Crippen molar-refractivity contribution in [2.24, 2.45) is 0 Å². The van der Waals surface area contributed by atoms with Crippen LogP contribution in [0.4, 0.5) is 14.5 Å². The second-order valence-corrected chi connectivity index (χ2v) is 5.19. The Morgan fingerprint density at radius 1 is 1.04 bits per heavy atom. The molecule has 0 aliphatic carbocycles. The number of halogens is 2. The van der Waals surface area contributed by atoms with Gasteiger partial charge < -0.3 is 20.1 Å². The summed E-state index contributed by atoms with van der Waals surface area (Å²) in [5.74, 6) is -2.01. The Morgan fingerprint density at radius 2 is 1.74 bits per heavy atom. The molecule has 0 radical (unpaired) electrons. The average molecular weight is 378 g/mol. The number of rotatable bonds is 7. The zero-order chi connectivity index (χ0) is 19.8. The molecule has 0 heterocycles. The zero-order valence-electron chi connectivity index (χ0n) is 14.2. The quantitative estimate of drug-likeness (QED) is 0.722. The second-order valence-electron chi connectivity index (χ2n) is 5.19. The number of alkyl halides is 2. The SMILES string of the molecule is CNC(=O)c1cccc(NC(=O)COC(=O)c2cccc(OC(F)F)c2)c1. The maximum atomic E-state index is 12.2. The summed E-state index contributed by atoms with van der Waals surface area (Å²) in [5, 5.41) is 4.94. The zero-order valence-corrected chi connectivity index (χ0v) is 14.2. The lowest BCUT2D eigenvalue weighted by atomic mass is 10.2. The Labute approximate surface area is 153 Å². The Balaban J connectivity index is 1.92. The van der Waals surface area contributed by atoms with Crippen LogP contribution in [0.2, 0.25) is 0 Å². The molecule has 2 aromatic carbocycles. The second kappa shape index (κ2) is 9.27. The van der Waals surface area contributed by atoms with Gasteiger partial charge in [0.2, 0.25) is 0 Å². The van der Waals surface area contributed by atoms with Crippen LogP contribution in [0.25, 0.3) is 0 Å². The highest BCUT2D eigenvalue weighted by Gasteiger charge is 2.13. The minimum Gasteiger partial charge on any atom is -0.452 e. The summed E-state index contributed by atoms with van der Waals surface area (Å²) in [7, 11) is 1.48. The number of nitrogens with one attached hydrogen (secondary N) is 2. The molecule has 142 valence electrons. The first-order valence-electron chi connectivity index (χ1n) is 7.73. The van der Waals surface area contributed by atoms with E-state index in [0.29, 0.717) is 11.3 Å². The number of carbonyl (C=O) groups is 3. The van der Waals surface area contributed by atoms with Gasteiger partial charge in [-0.05, 0) is 36.4 Å². The maximum Gasteiger partial charge on any atom is 0.387 e. The molecule has 0 saturated carbocycles. The number of amides is 2. The van der Waals surface area contributed by atoms with Crippen molar-refractivity contribution in [1.82, 2.24) is 5.32 Å². The Bertz CT molecular complexity index is 842. The number of hydrogen-bond donors (Lipinski definition) is 2. The number of carbonyl (C=O) groups excluding carboxylic acids is 3. The van der Waals surface area contributed by atoms with Crippen molar-refractivity contribution < 1.29 is 32.6 Å². The van der Waals surface area contributed by atoms with Crippen molar-refractivity contribution in [3.05, 3.63) is 59.7 Å². The Morgan fingerprint density at radius 3 is 2.44 bits per heavy atom. The van der Waals surface area contributed by atoms with E-state index < -0.39 is 25.1 Å². The first-order valence-corrected chi connectivity index (χ1v) is 7.73. The van der Waals surface area contributed by atoms with Crippen LogP contribution in [0, 0.1) is 0 Å². The van der Waals surface area contributed by atoms with Gasteiger partial charge >= 0.3 is 12.6 Å². The van der Waals surface area contributed by atoms with E-state index in [4.69, 9.17) is 4.74 Å². The van der Waals surface area contributed by atoms with Gasteiger partial charge in [0.15, 0.2) is 6.61 Å². The van der Waals surface area contributed by atoms with E-state index in [1.54, 1.807) is 18.2 Å². The first-order chi connectivity index (χ1) is 12.9. The molecule has 27 heavy (non-hydrogen) atoms. The number of hydrogen-bond acceptors (Lipinski definition) is 5. The van der Waals surface area contributed by atoms with Gasteiger partial charge in [0.05, 0.1) is 5.56 Å². The van der Waals surface area contributed by atoms with E-state index in [0.717, 1.165) is 6.07 Å². The molecule has 0 aromatic heterocycles. The highest BCUT2D eigenvalue weighted by molar-refractivity contribution is 5.98. The highest BCUT2D eigenvalue weighted by Crippen LogP contribution is 2.16. The van der Waals surface area contributed by atoms with Gasteiger partial charge in [0.1, 0.15) is 5.75 Å². The predicted molar refractivity (Wildman–Crippen MR) is 91.8 cm³/mol. The van der Waals surface area contributed by atoms with Crippen LogP contribution in [0.1, 0.15) is 20.7 Å². The number of esters is 1. The van der Waals surface area contributed by atoms with E-state index in [2.05, 4.69) is 15.4 Å². The minimum absolute atomic E-state index is 0.0393. The molecule has 0 aliphatic heterocycles. The van der Waals surface area contributed by atoms with Crippen LogP contribution >= 0.6 is 0 Å². The summed E-state index contributed by atoms with van der Waals surface area (Å²) >= 11 is 0. The number of ether oxygens (including phenoxy) is 2. The molecule has 0 aliphatic rings. The summed E-state index contributed by atoms with van der Waals surface area (Å²) in [5.41, 5.74) is 0.662. The molecule has 0 atom stereocenters. The Hall–Kier alpha value is -3.49. The van der Waals surface area contributed by atoms with Gasteiger partial charge in [0.25, 0.3) is 11.8 Å². The lowest BCUT2D eigenvalue weighted by Crippen LogP contribution is -2.22. The molecule has 2 rings (SSSR count). The lowest BCUT2D eigenvalue weighted by Gasteiger charge is -2.09. The fourth-order valence-corrected chi connectivity index (χ4v) is 2.09. The van der Waals surface area contributed by atoms with Crippen LogP contribution in [0.5, 0.6) is 5.75 Å². The molecular formula is C18H16F2N2O5. The van der Waals surface area contributed by atoms with Crippen molar-refractivity contribution in [3.63, 3.8) is 0 Å². The van der Waals surface area contributed by atoms with E-state index in [9.17, 15) is 23.2 Å². The third-order valence-corrected chi connectivity index (χ3v) is 3.26. The average Bonchev–Trinajstić information content (AvgIpc) is 2.65. The smallest absolute Gasteiger partial charge is 0.387 e. The van der Waals surface area contributed by atoms with Gasteiger partial charge in [-0.25, -0.2) is 4.79 Å². The summed E-state index contributed by atoms with van der Waals surface area (Å²) in [6.07, 6.45) is 0. The van der Waals surface area contributed by atoms with Gasteiger partial charge in [-0.2, -0.15) is 8.78 Å².